The van der Waals surface area contributed by atoms with Crippen molar-refractivity contribution in [2.75, 3.05) is 13.1 Å². The number of thiophene rings is 1. The lowest BCUT2D eigenvalue weighted by Gasteiger charge is -2.35. The molecule has 0 bridgehead atoms. The maximum atomic E-state index is 12.4. The van der Waals surface area contributed by atoms with Crippen molar-refractivity contribution >= 4 is 23.2 Å². The summed E-state index contributed by atoms with van der Waals surface area (Å²) in [5.74, 6) is -0.00631. The highest BCUT2D eigenvalue weighted by atomic mass is 32.1. The maximum Gasteiger partial charge on any atom is 0.225 e. The number of nitrogens with zero attached hydrogens (tertiary/aromatic N) is 1. The van der Waals surface area contributed by atoms with Crippen LogP contribution in [0.25, 0.3) is 0 Å². The summed E-state index contributed by atoms with van der Waals surface area (Å²) in [7, 11) is 0. The summed E-state index contributed by atoms with van der Waals surface area (Å²) in [5.41, 5.74) is 0. The number of aliphatic hydroxyl groups is 1. The van der Waals surface area contributed by atoms with Crippen molar-refractivity contribution in [3.8, 4) is 0 Å². The fourth-order valence-electron chi connectivity index (χ4n) is 2.62. The first kappa shape index (κ1) is 16.0. The van der Waals surface area contributed by atoms with Crippen LogP contribution >= 0.6 is 11.3 Å². The molecule has 5 nitrogen and oxygen atoms in total. The largest absolute Gasteiger partial charge is 0.393 e. The van der Waals surface area contributed by atoms with Gasteiger partial charge in [-0.2, -0.15) is 0 Å². The lowest BCUT2D eigenvalue weighted by molar-refractivity contribution is -0.135. The van der Waals surface area contributed by atoms with E-state index in [2.05, 4.69) is 5.32 Å². The minimum atomic E-state index is -0.322. The highest BCUT2D eigenvalue weighted by Crippen LogP contribution is 2.24. The third-order valence-corrected chi connectivity index (χ3v) is 4.84. The second-order valence-electron chi connectivity index (χ2n) is 5.65. The molecule has 1 aliphatic heterocycles. The molecule has 0 radical (unpaired) electrons. The molecule has 3 unspecified atom stereocenters. The van der Waals surface area contributed by atoms with E-state index in [0.29, 0.717) is 19.5 Å². The molecule has 0 saturated carbocycles. The summed E-state index contributed by atoms with van der Waals surface area (Å²) in [6.45, 7) is 4.58. The lowest BCUT2D eigenvalue weighted by atomic mass is 9.96. The standard InChI is InChI=1S/C15H22N2O3S/c1-10-9-17(6-5-13(10)19)15(20)8-12(16-11(2)18)14-4-3-7-21-14/h3-4,7,10,12-13,19H,5-6,8-9H2,1-2H3,(H,16,18). The Morgan fingerprint density at radius 3 is 2.90 bits per heavy atom. The van der Waals surface area contributed by atoms with Gasteiger partial charge in [0.1, 0.15) is 0 Å². The number of likely N-dealkylation sites (tertiary alicyclic amines) is 1. The van der Waals surface area contributed by atoms with Crippen molar-refractivity contribution in [2.24, 2.45) is 5.92 Å². The Bertz CT molecular complexity index is 489. The molecule has 1 aliphatic rings. The number of nitrogens with one attached hydrogen (secondary N) is 1. The zero-order valence-electron chi connectivity index (χ0n) is 12.4. The highest BCUT2D eigenvalue weighted by molar-refractivity contribution is 7.10. The number of hydrogen-bond donors (Lipinski definition) is 2. The van der Waals surface area contributed by atoms with Gasteiger partial charge in [-0.1, -0.05) is 13.0 Å². The molecule has 3 atom stereocenters. The van der Waals surface area contributed by atoms with E-state index in [-0.39, 0.29) is 36.3 Å². The predicted molar refractivity (Wildman–Crippen MR) is 81.9 cm³/mol. The molecule has 0 spiro atoms. The summed E-state index contributed by atoms with van der Waals surface area (Å²) < 4.78 is 0. The quantitative estimate of drug-likeness (QED) is 0.886. The van der Waals surface area contributed by atoms with Crippen LogP contribution in [0.15, 0.2) is 17.5 Å². The molecule has 116 valence electrons. The van der Waals surface area contributed by atoms with Gasteiger partial charge in [0, 0.05) is 24.9 Å². The van der Waals surface area contributed by atoms with Gasteiger partial charge in [0.25, 0.3) is 0 Å². The van der Waals surface area contributed by atoms with Gasteiger partial charge in [-0.15, -0.1) is 11.3 Å². The van der Waals surface area contributed by atoms with E-state index in [4.69, 9.17) is 0 Å². The van der Waals surface area contributed by atoms with Crippen molar-refractivity contribution in [2.45, 2.75) is 38.8 Å². The smallest absolute Gasteiger partial charge is 0.225 e. The van der Waals surface area contributed by atoms with Gasteiger partial charge in [-0.25, -0.2) is 0 Å². The highest BCUT2D eigenvalue weighted by Gasteiger charge is 2.29. The summed E-state index contributed by atoms with van der Waals surface area (Å²) >= 11 is 1.54. The van der Waals surface area contributed by atoms with Crippen molar-refractivity contribution in [3.63, 3.8) is 0 Å². The van der Waals surface area contributed by atoms with Crippen LogP contribution in [0, 0.1) is 5.92 Å². The second kappa shape index (κ2) is 7.04. The van der Waals surface area contributed by atoms with Crippen LogP contribution in [0.3, 0.4) is 0 Å². The summed E-state index contributed by atoms with van der Waals surface area (Å²) in [4.78, 5) is 26.6. The maximum absolute atomic E-state index is 12.4. The molecular formula is C15H22N2O3S. The molecule has 21 heavy (non-hydrogen) atoms. The van der Waals surface area contributed by atoms with E-state index in [0.717, 1.165) is 4.88 Å². The molecule has 1 aromatic rings. The number of amides is 2. The zero-order valence-corrected chi connectivity index (χ0v) is 13.2. The van der Waals surface area contributed by atoms with Gasteiger partial charge in [0.15, 0.2) is 0 Å². The van der Waals surface area contributed by atoms with Crippen LogP contribution in [-0.2, 0) is 9.59 Å². The molecule has 1 aromatic heterocycles. The first-order valence-corrected chi connectivity index (χ1v) is 8.11. The molecule has 1 fully saturated rings. The fourth-order valence-corrected chi connectivity index (χ4v) is 3.40. The lowest BCUT2D eigenvalue weighted by Crippen LogP contribution is -2.46. The van der Waals surface area contributed by atoms with Crippen LogP contribution in [0.2, 0.25) is 0 Å². The van der Waals surface area contributed by atoms with Gasteiger partial charge < -0.3 is 15.3 Å². The number of piperidine rings is 1. The molecule has 0 aromatic carbocycles. The number of carbonyl (C=O) groups excluding carboxylic acids is 2. The van der Waals surface area contributed by atoms with Crippen molar-refractivity contribution < 1.29 is 14.7 Å². The van der Waals surface area contributed by atoms with E-state index in [1.165, 1.54) is 18.3 Å². The first-order valence-electron chi connectivity index (χ1n) is 7.23. The molecule has 0 aliphatic carbocycles. The monoisotopic (exact) mass is 310 g/mol. The topological polar surface area (TPSA) is 69.6 Å². The normalized spacial score (nSPS) is 23.7. The van der Waals surface area contributed by atoms with Gasteiger partial charge >= 0.3 is 0 Å². The molecule has 2 rings (SSSR count). The van der Waals surface area contributed by atoms with Crippen molar-refractivity contribution in [3.05, 3.63) is 22.4 Å². The third kappa shape index (κ3) is 4.28. The average Bonchev–Trinajstić information content (AvgIpc) is 2.94. The van der Waals surface area contributed by atoms with Crippen LogP contribution in [0.5, 0.6) is 0 Å². The second-order valence-corrected chi connectivity index (χ2v) is 6.62. The van der Waals surface area contributed by atoms with Crippen LogP contribution in [0.1, 0.15) is 37.6 Å². The van der Waals surface area contributed by atoms with Crippen molar-refractivity contribution in [1.82, 2.24) is 10.2 Å². The Hall–Kier alpha value is -1.40. The van der Waals surface area contributed by atoms with Crippen LogP contribution < -0.4 is 5.32 Å². The zero-order chi connectivity index (χ0) is 15.4. The first-order chi connectivity index (χ1) is 9.97. The van der Waals surface area contributed by atoms with Gasteiger partial charge in [0.05, 0.1) is 18.6 Å². The molecular weight excluding hydrogens is 288 g/mol. The van der Waals surface area contributed by atoms with Gasteiger partial charge in [0.2, 0.25) is 11.8 Å². The Kier molecular flexibility index (Phi) is 5.36. The number of carbonyl (C=O) groups is 2. The van der Waals surface area contributed by atoms with E-state index in [9.17, 15) is 14.7 Å². The predicted octanol–water partition coefficient (Wildman–Crippen LogP) is 1.54. The fraction of sp³-hybridized carbons (Fsp3) is 0.600. The molecule has 2 amide bonds. The van der Waals surface area contributed by atoms with E-state index >= 15 is 0 Å². The minimum absolute atomic E-state index is 0.0286. The molecule has 2 heterocycles. The summed E-state index contributed by atoms with van der Waals surface area (Å²) in [5, 5.41) is 14.5. The van der Waals surface area contributed by atoms with E-state index in [1.807, 2.05) is 24.4 Å². The third-order valence-electron chi connectivity index (χ3n) is 3.86. The Morgan fingerprint density at radius 2 is 2.33 bits per heavy atom. The Labute approximate surface area is 129 Å². The van der Waals surface area contributed by atoms with Crippen molar-refractivity contribution in [1.29, 1.82) is 0 Å². The van der Waals surface area contributed by atoms with Crippen LogP contribution in [0.4, 0.5) is 0 Å². The summed E-state index contributed by atoms with van der Waals surface area (Å²) in [6, 6.07) is 3.58. The average molecular weight is 310 g/mol. The minimum Gasteiger partial charge on any atom is -0.393 e. The number of aliphatic hydroxyl groups excluding tert-OH is 1. The Morgan fingerprint density at radius 1 is 1.57 bits per heavy atom. The van der Waals surface area contributed by atoms with Crippen LogP contribution in [-0.4, -0.2) is 41.0 Å². The summed E-state index contributed by atoms with van der Waals surface area (Å²) in [6.07, 6.45) is 0.567. The van der Waals surface area contributed by atoms with E-state index < -0.39 is 0 Å². The van der Waals surface area contributed by atoms with Gasteiger partial charge in [-0.05, 0) is 23.8 Å². The molecule has 1 saturated heterocycles. The molecule has 2 N–H and O–H groups in total. The number of rotatable bonds is 4. The Balaban J connectivity index is 1.99. The van der Waals surface area contributed by atoms with E-state index in [1.54, 1.807) is 4.90 Å². The number of hydrogen-bond acceptors (Lipinski definition) is 4. The molecule has 6 heteroatoms. The SMILES string of the molecule is CC(=O)NC(CC(=O)N1CCC(O)C(C)C1)c1cccs1. The van der Waals surface area contributed by atoms with Gasteiger partial charge in [-0.3, -0.25) is 9.59 Å².